The molecule has 3 amide bonds. The maximum Gasteiger partial charge on any atom is 0.313 e. The van der Waals surface area contributed by atoms with E-state index in [2.05, 4.69) is 22.2 Å². The lowest BCUT2D eigenvalue weighted by atomic mass is 9.89. The van der Waals surface area contributed by atoms with Gasteiger partial charge in [0.1, 0.15) is 0 Å². The van der Waals surface area contributed by atoms with Gasteiger partial charge in [0.15, 0.2) is 0 Å². The van der Waals surface area contributed by atoms with Gasteiger partial charge in [-0.3, -0.25) is 19.4 Å². The van der Waals surface area contributed by atoms with Gasteiger partial charge in [-0.15, -0.1) is 11.3 Å². The first-order chi connectivity index (χ1) is 14.4. The second kappa shape index (κ2) is 8.19. The molecule has 1 saturated heterocycles. The molecule has 0 saturated carbocycles. The number of carbonyl (C=O) groups excluding carboxylic acids is 3. The standard InChI is InChI=1S/C21H21N5O3S/c1-12-2-4-17(13-3-5-18-16(7-13)24-11-30-18)26(10-12)21(29)20(28)25-15-6-14(19(22)27)8-23-9-15/h3,5-9,11-12,17H,2,4,10H2,1H3,(H2,22,27)(H,25,28)/t12-,17?/m0/s1. The molecule has 0 aliphatic carbocycles. The molecule has 0 radical (unpaired) electrons. The summed E-state index contributed by atoms with van der Waals surface area (Å²) in [5, 5.41) is 2.54. The van der Waals surface area contributed by atoms with Crippen LogP contribution in [0.4, 0.5) is 5.69 Å². The minimum Gasteiger partial charge on any atom is -0.366 e. The number of amides is 3. The molecule has 0 bridgehead atoms. The van der Waals surface area contributed by atoms with Gasteiger partial charge in [-0.25, -0.2) is 4.98 Å². The summed E-state index contributed by atoms with van der Waals surface area (Å²) in [5.41, 5.74) is 9.30. The topological polar surface area (TPSA) is 118 Å². The first kappa shape index (κ1) is 20.0. The molecule has 154 valence electrons. The van der Waals surface area contributed by atoms with E-state index >= 15 is 0 Å². The molecule has 1 aliphatic heterocycles. The van der Waals surface area contributed by atoms with Crippen LogP contribution in [0.1, 0.15) is 41.7 Å². The number of nitrogens with zero attached hydrogens (tertiary/aromatic N) is 3. The van der Waals surface area contributed by atoms with Crippen LogP contribution in [-0.4, -0.2) is 39.1 Å². The fourth-order valence-electron chi connectivity index (χ4n) is 3.76. The minimum atomic E-state index is -0.771. The van der Waals surface area contributed by atoms with Crippen LogP contribution >= 0.6 is 11.3 Å². The molecule has 3 N–H and O–H groups in total. The van der Waals surface area contributed by atoms with E-state index in [9.17, 15) is 14.4 Å². The Bertz CT molecular complexity index is 1130. The van der Waals surface area contributed by atoms with E-state index in [0.29, 0.717) is 12.5 Å². The Morgan fingerprint density at radius 3 is 2.83 bits per heavy atom. The number of thiazole rings is 1. The zero-order chi connectivity index (χ0) is 21.3. The fraction of sp³-hybridized carbons (Fsp3) is 0.286. The molecule has 9 heteroatoms. The predicted molar refractivity (Wildman–Crippen MR) is 114 cm³/mol. The van der Waals surface area contributed by atoms with Crippen molar-refractivity contribution in [3.05, 3.63) is 53.3 Å². The summed E-state index contributed by atoms with van der Waals surface area (Å²) in [5.74, 6) is -1.75. The van der Waals surface area contributed by atoms with E-state index in [1.54, 1.807) is 21.7 Å². The van der Waals surface area contributed by atoms with Gasteiger partial charge in [-0.05, 0) is 42.5 Å². The number of primary amides is 1. The first-order valence-electron chi connectivity index (χ1n) is 9.62. The maximum absolute atomic E-state index is 13.1. The largest absolute Gasteiger partial charge is 0.366 e. The molecule has 1 fully saturated rings. The van der Waals surface area contributed by atoms with Crippen molar-refractivity contribution < 1.29 is 14.4 Å². The quantitative estimate of drug-likeness (QED) is 0.628. The summed E-state index contributed by atoms with van der Waals surface area (Å²) in [6.45, 7) is 2.56. The number of anilines is 1. The van der Waals surface area contributed by atoms with Crippen molar-refractivity contribution in [2.45, 2.75) is 25.8 Å². The van der Waals surface area contributed by atoms with Gasteiger partial charge in [-0.1, -0.05) is 13.0 Å². The highest BCUT2D eigenvalue weighted by atomic mass is 32.1. The lowest BCUT2D eigenvalue weighted by molar-refractivity contribution is -0.146. The lowest BCUT2D eigenvalue weighted by Crippen LogP contribution is -2.46. The molecule has 4 rings (SSSR count). The molecule has 1 aliphatic rings. The normalized spacial score (nSPS) is 18.9. The van der Waals surface area contributed by atoms with Crippen LogP contribution in [0.3, 0.4) is 0 Å². The molecular weight excluding hydrogens is 402 g/mol. The van der Waals surface area contributed by atoms with Crippen molar-refractivity contribution in [2.75, 3.05) is 11.9 Å². The van der Waals surface area contributed by atoms with Crippen molar-refractivity contribution in [3.63, 3.8) is 0 Å². The second-order valence-corrected chi connectivity index (χ2v) is 8.40. The van der Waals surface area contributed by atoms with Gasteiger partial charge in [0, 0.05) is 12.7 Å². The monoisotopic (exact) mass is 423 g/mol. The van der Waals surface area contributed by atoms with E-state index in [-0.39, 0.29) is 17.3 Å². The third kappa shape index (κ3) is 4.02. The van der Waals surface area contributed by atoms with E-state index in [1.807, 2.05) is 18.2 Å². The summed E-state index contributed by atoms with van der Waals surface area (Å²) < 4.78 is 1.08. The van der Waals surface area contributed by atoms with Gasteiger partial charge in [0.05, 0.1) is 39.2 Å². The molecule has 1 unspecified atom stereocenters. The zero-order valence-corrected chi connectivity index (χ0v) is 17.2. The Labute approximate surface area is 177 Å². The molecule has 2 aromatic heterocycles. The number of aromatic nitrogens is 2. The number of nitrogens with two attached hydrogens (primary N) is 1. The average Bonchev–Trinajstić information content (AvgIpc) is 3.21. The second-order valence-electron chi connectivity index (χ2n) is 7.52. The zero-order valence-electron chi connectivity index (χ0n) is 16.4. The van der Waals surface area contributed by atoms with Crippen molar-refractivity contribution >= 4 is 45.0 Å². The number of likely N-dealkylation sites (tertiary alicyclic amines) is 1. The number of fused-ring (bicyclic) bond motifs is 1. The number of hydrogen-bond acceptors (Lipinski definition) is 6. The van der Waals surface area contributed by atoms with Gasteiger partial charge in [0.25, 0.3) is 0 Å². The van der Waals surface area contributed by atoms with Crippen LogP contribution < -0.4 is 11.1 Å². The maximum atomic E-state index is 13.1. The molecule has 3 heterocycles. The predicted octanol–water partition coefficient (Wildman–Crippen LogP) is 2.73. The molecule has 8 nitrogen and oxygen atoms in total. The Hall–Kier alpha value is -3.33. The number of benzene rings is 1. The van der Waals surface area contributed by atoms with Crippen LogP contribution in [0.25, 0.3) is 10.2 Å². The number of hydrogen-bond donors (Lipinski definition) is 2. The van der Waals surface area contributed by atoms with Crippen molar-refractivity contribution in [3.8, 4) is 0 Å². The molecule has 0 spiro atoms. The Morgan fingerprint density at radius 2 is 2.03 bits per heavy atom. The van der Waals surface area contributed by atoms with E-state index in [0.717, 1.165) is 28.6 Å². The van der Waals surface area contributed by atoms with Crippen LogP contribution in [0.2, 0.25) is 0 Å². The Kier molecular flexibility index (Phi) is 5.45. The highest BCUT2D eigenvalue weighted by Crippen LogP contribution is 2.35. The number of nitrogens with one attached hydrogen (secondary N) is 1. The van der Waals surface area contributed by atoms with Gasteiger partial charge in [-0.2, -0.15) is 0 Å². The number of pyridine rings is 1. The third-order valence-corrected chi connectivity index (χ3v) is 6.10. The molecular formula is C21H21N5O3S. The number of piperidine rings is 1. The SMILES string of the molecule is C[C@H]1CCC(c2ccc3scnc3c2)N(C(=O)C(=O)Nc2cncc(C(N)=O)c2)C1. The van der Waals surface area contributed by atoms with Crippen molar-refractivity contribution in [2.24, 2.45) is 11.7 Å². The summed E-state index contributed by atoms with van der Waals surface area (Å²) in [6, 6.07) is 7.20. The summed E-state index contributed by atoms with van der Waals surface area (Å²) in [4.78, 5) is 46.9. The average molecular weight is 423 g/mol. The van der Waals surface area contributed by atoms with Crippen molar-refractivity contribution in [1.82, 2.24) is 14.9 Å². The highest BCUT2D eigenvalue weighted by molar-refractivity contribution is 7.16. The smallest absolute Gasteiger partial charge is 0.313 e. The summed E-state index contributed by atoms with van der Waals surface area (Å²) in [6.07, 6.45) is 4.41. The lowest BCUT2D eigenvalue weighted by Gasteiger charge is -2.38. The molecule has 30 heavy (non-hydrogen) atoms. The molecule has 3 aromatic rings. The van der Waals surface area contributed by atoms with Gasteiger partial charge >= 0.3 is 11.8 Å². The fourth-order valence-corrected chi connectivity index (χ4v) is 4.42. The van der Waals surface area contributed by atoms with E-state index < -0.39 is 17.7 Å². The molecule has 1 aromatic carbocycles. The Morgan fingerprint density at radius 1 is 1.20 bits per heavy atom. The van der Waals surface area contributed by atoms with Crippen LogP contribution in [0.15, 0.2) is 42.2 Å². The number of rotatable bonds is 3. The highest BCUT2D eigenvalue weighted by Gasteiger charge is 2.34. The van der Waals surface area contributed by atoms with Gasteiger partial charge in [0.2, 0.25) is 5.91 Å². The number of carbonyl (C=O) groups is 3. The van der Waals surface area contributed by atoms with Crippen LogP contribution in [0.5, 0.6) is 0 Å². The van der Waals surface area contributed by atoms with Crippen LogP contribution in [0, 0.1) is 5.92 Å². The first-order valence-corrected chi connectivity index (χ1v) is 10.5. The van der Waals surface area contributed by atoms with Crippen molar-refractivity contribution in [1.29, 1.82) is 0 Å². The minimum absolute atomic E-state index is 0.154. The Balaban J connectivity index is 1.56. The van der Waals surface area contributed by atoms with Crippen LogP contribution in [-0.2, 0) is 9.59 Å². The van der Waals surface area contributed by atoms with E-state index in [4.69, 9.17) is 5.73 Å². The summed E-state index contributed by atoms with van der Waals surface area (Å²) in [7, 11) is 0. The summed E-state index contributed by atoms with van der Waals surface area (Å²) >= 11 is 1.56. The molecule has 2 atom stereocenters. The van der Waals surface area contributed by atoms with Gasteiger partial charge < -0.3 is 16.0 Å². The third-order valence-electron chi connectivity index (χ3n) is 5.29. The van der Waals surface area contributed by atoms with E-state index in [1.165, 1.54) is 18.5 Å².